The number of halogens is 2. The fourth-order valence-corrected chi connectivity index (χ4v) is 4.31. The SMILES string of the molecule is COC(=O)c1cnccc1N1CCC(COc2ccc3c(c2)CN(C(=N)N)CC3)CC1.Cl.Cl. The highest BCUT2D eigenvalue weighted by Gasteiger charge is 2.24. The van der Waals surface area contributed by atoms with Crippen molar-refractivity contribution in [3.8, 4) is 5.75 Å². The second-order valence-electron chi connectivity index (χ2n) is 8.11. The zero-order chi connectivity index (χ0) is 21.8. The average molecular weight is 496 g/mol. The van der Waals surface area contributed by atoms with Crippen LogP contribution in [-0.2, 0) is 17.7 Å². The van der Waals surface area contributed by atoms with Crippen LogP contribution in [0.15, 0.2) is 36.7 Å². The maximum Gasteiger partial charge on any atom is 0.341 e. The van der Waals surface area contributed by atoms with Crippen molar-refractivity contribution in [1.29, 1.82) is 5.41 Å². The minimum absolute atomic E-state index is 0. The Labute approximate surface area is 206 Å². The van der Waals surface area contributed by atoms with Gasteiger partial charge in [0.05, 0.1) is 19.4 Å². The number of carbonyl (C=O) groups is 1. The van der Waals surface area contributed by atoms with E-state index in [0.717, 1.165) is 50.3 Å². The van der Waals surface area contributed by atoms with Gasteiger partial charge in [0.2, 0.25) is 0 Å². The molecule has 1 aromatic heterocycles. The zero-order valence-electron chi connectivity index (χ0n) is 18.7. The summed E-state index contributed by atoms with van der Waals surface area (Å²) in [5.74, 6) is 1.09. The molecule has 0 bridgehead atoms. The molecule has 0 radical (unpaired) electrons. The van der Waals surface area contributed by atoms with Gasteiger partial charge >= 0.3 is 5.97 Å². The molecule has 0 aliphatic carbocycles. The van der Waals surface area contributed by atoms with Crippen LogP contribution in [0.4, 0.5) is 5.69 Å². The first-order chi connectivity index (χ1) is 15.0. The van der Waals surface area contributed by atoms with Crippen molar-refractivity contribution in [1.82, 2.24) is 9.88 Å². The molecule has 0 atom stereocenters. The number of anilines is 1. The number of methoxy groups -OCH3 is 1. The highest BCUT2D eigenvalue weighted by molar-refractivity contribution is 5.95. The van der Waals surface area contributed by atoms with Gasteiger partial charge in [-0.3, -0.25) is 10.4 Å². The predicted octanol–water partition coefficient (Wildman–Crippen LogP) is 3.26. The molecule has 3 heterocycles. The summed E-state index contributed by atoms with van der Waals surface area (Å²) in [5, 5.41) is 7.66. The molecule has 180 valence electrons. The molecule has 3 N–H and O–H groups in total. The van der Waals surface area contributed by atoms with Crippen LogP contribution >= 0.6 is 24.8 Å². The van der Waals surface area contributed by atoms with Crippen LogP contribution in [0.1, 0.15) is 34.3 Å². The number of esters is 1. The summed E-state index contributed by atoms with van der Waals surface area (Å²) in [4.78, 5) is 20.2. The third-order valence-electron chi connectivity index (χ3n) is 6.17. The lowest BCUT2D eigenvalue weighted by Gasteiger charge is -2.34. The van der Waals surface area contributed by atoms with Gasteiger partial charge in [0.15, 0.2) is 5.96 Å². The molecule has 0 saturated carbocycles. The number of guanidine groups is 1. The van der Waals surface area contributed by atoms with Gasteiger partial charge in [-0.15, -0.1) is 24.8 Å². The Kier molecular flexibility index (Phi) is 9.61. The Bertz CT molecular complexity index is 967. The fourth-order valence-electron chi connectivity index (χ4n) is 4.31. The molecule has 1 fully saturated rings. The van der Waals surface area contributed by atoms with E-state index >= 15 is 0 Å². The van der Waals surface area contributed by atoms with Crippen LogP contribution in [0.3, 0.4) is 0 Å². The molecule has 0 spiro atoms. The van der Waals surface area contributed by atoms with E-state index in [4.69, 9.17) is 20.6 Å². The van der Waals surface area contributed by atoms with E-state index in [0.29, 0.717) is 24.6 Å². The van der Waals surface area contributed by atoms with Crippen molar-refractivity contribution in [2.24, 2.45) is 11.7 Å². The van der Waals surface area contributed by atoms with Crippen molar-refractivity contribution < 1.29 is 14.3 Å². The number of benzene rings is 1. The van der Waals surface area contributed by atoms with E-state index in [-0.39, 0.29) is 36.7 Å². The Balaban J connectivity index is 0.00000193. The lowest BCUT2D eigenvalue weighted by Crippen LogP contribution is -2.40. The number of carbonyl (C=O) groups excluding carboxylic acids is 1. The second kappa shape index (κ2) is 12.0. The molecule has 2 aliphatic rings. The summed E-state index contributed by atoms with van der Waals surface area (Å²) < 4.78 is 11.0. The Hall–Kier alpha value is -2.71. The maximum absolute atomic E-state index is 12.0. The van der Waals surface area contributed by atoms with Crippen LogP contribution in [0.5, 0.6) is 5.75 Å². The third-order valence-corrected chi connectivity index (χ3v) is 6.17. The molecule has 1 saturated heterocycles. The minimum atomic E-state index is -0.357. The van der Waals surface area contributed by atoms with E-state index in [1.54, 1.807) is 12.4 Å². The summed E-state index contributed by atoms with van der Waals surface area (Å²) in [6, 6.07) is 8.12. The second-order valence-corrected chi connectivity index (χ2v) is 8.11. The van der Waals surface area contributed by atoms with Crippen molar-refractivity contribution in [2.75, 3.05) is 38.3 Å². The monoisotopic (exact) mass is 495 g/mol. The maximum atomic E-state index is 12.0. The van der Waals surface area contributed by atoms with E-state index < -0.39 is 0 Å². The van der Waals surface area contributed by atoms with Crippen molar-refractivity contribution in [3.63, 3.8) is 0 Å². The molecule has 2 aliphatic heterocycles. The lowest BCUT2D eigenvalue weighted by molar-refractivity contribution is 0.0600. The normalized spacial score (nSPS) is 15.5. The van der Waals surface area contributed by atoms with E-state index in [9.17, 15) is 4.79 Å². The number of hydrogen-bond donors (Lipinski definition) is 2. The minimum Gasteiger partial charge on any atom is -0.493 e. The average Bonchev–Trinajstić information content (AvgIpc) is 2.82. The van der Waals surface area contributed by atoms with Crippen molar-refractivity contribution in [3.05, 3.63) is 53.3 Å². The summed E-state index contributed by atoms with van der Waals surface area (Å²) >= 11 is 0. The molecule has 1 aromatic carbocycles. The molecule has 2 aromatic rings. The lowest BCUT2D eigenvalue weighted by atomic mass is 9.96. The topological polar surface area (TPSA) is 105 Å². The fraction of sp³-hybridized carbons (Fsp3) is 0.435. The smallest absolute Gasteiger partial charge is 0.341 e. The zero-order valence-corrected chi connectivity index (χ0v) is 20.3. The highest BCUT2D eigenvalue weighted by atomic mass is 35.5. The number of ether oxygens (including phenoxy) is 2. The number of nitrogens with one attached hydrogen (secondary N) is 1. The summed E-state index contributed by atoms with van der Waals surface area (Å²) in [5.41, 5.74) is 9.52. The van der Waals surface area contributed by atoms with Crippen LogP contribution in [0, 0.1) is 11.3 Å². The summed E-state index contributed by atoms with van der Waals surface area (Å²) in [6.45, 7) is 3.84. The van der Waals surface area contributed by atoms with Crippen LogP contribution in [0.25, 0.3) is 0 Å². The molecule has 33 heavy (non-hydrogen) atoms. The molecule has 0 amide bonds. The number of pyridine rings is 1. The number of hydrogen-bond acceptors (Lipinski definition) is 6. The standard InChI is InChI=1S/C23H29N5O3.2ClH/c1-30-22(29)20-13-26-8-4-21(20)27-9-5-16(6-10-27)15-31-19-3-2-17-7-11-28(23(24)25)14-18(17)12-19;;/h2-4,8,12-13,16H,5-7,9-11,14-15H2,1H3,(H3,24,25);2*1H. The van der Waals surface area contributed by atoms with E-state index in [1.165, 1.54) is 18.2 Å². The first-order valence-electron chi connectivity index (χ1n) is 10.7. The number of rotatable bonds is 5. The Morgan fingerprint density at radius 2 is 1.94 bits per heavy atom. The molecule has 4 rings (SSSR count). The van der Waals surface area contributed by atoms with E-state index in [2.05, 4.69) is 22.0 Å². The first-order valence-corrected chi connectivity index (χ1v) is 10.7. The summed E-state index contributed by atoms with van der Waals surface area (Å²) in [6.07, 6.45) is 6.16. The quantitative estimate of drug-likeness (QED) is 0.372. The van der Waals surface area contributed by atoms with Gasteiger partial charge in [-0.05, 0) is 54.5 Å². The van der Waals surface area contributed by atoms with Crippen LogP contribution < -0.4 is 15.4 Å². The first kappa shape index (κ1) is 26.5. The van der Waals surface area contributed by atoms with Gasteiger partial charge in [-0.2, -0.15) is 0 Å². The van der Waals surface area contributed by atoms with Gasteiger partial charge in [-0.1, -0.05) is 6.07 Å². The predicted molar refractivity (Wildman–Crippen MR) is 133 cm³/mol. The Morgan fingerprint density at radius 3 is 2.64 bits per heavy atom. The number of fused-ring (bicyclic) bond motifs is 1. The number of piperidine rings is 1. The van der Waals surface area contributed by atoms with Gasteiger partial charge in [0, 0.05) is 38.6 Å². The van der Waals surface area contributed by atoms with Crippen LogP contribution in [0.2, 0.25) is 0 Å². The summed E-state index contributed by atoms with van der Waals surface area (Å²) in [7, 11) is 1.39. The van der Waals surface area contributed by atoms with Crippen molar-refractivity contribution in [2.45, 2.75) is 25.8 Å². The molecule has 8 nitrogen and oxygen atoms in total. The van der Waals surface area contributed by atoms with Crippen LogP contribution in [-0.4, -0.2) is 55.2 Å². The molecular weight excluding hydrogens is 465 g/mol. The number of nitrogens with zero attached hydrogens (tertiary/aromatic N) is 3. The van der Waals surface area contributed by atoms with E-state index in [1.807, 2.05) is 17.0 Å². The number of nitrogens with two attached hydrogens (primary N) is 1. The third kappa shape index (κ3) is 6.21. The number of aromatic nitrogens is 1. The van der Waals surface area contributed by atoms with Gasteiger partial charge in [0.25, 0.3) is 0 Å². The van der Waals surface area contributed by atoms with Gasteiger partial charge < -0.3 is 25.0 Å². The molecule has 10 heteroatoms. The van der Waals surface area contributed by atoms with Gasteiger partial charge in [0.1, 0.15) is 11.3 Å². The van der Waals surface area contributed by atoms with Crippen molar-refractivity contribution >= 4 is 42.4 Å². The largest absolute Gasteiger partial charge is 0.493 e. The highest BCUT2D eigenvalue weighted by Crippen LogP contribution is 2.28. The molecule has 0 unspecified atom stereocenters. The Morgan fingerprint density at radius 1 is 1.18 bits per heavy atom. The molecular formula is C23H31Cl2N5O3. The van der Waals surface area contributed by atoms with Gasteiger partial charge in [-0.25, -0.2) is 4.79 Å².